The number of pyridine rings is 1. The van der Waals surface area contributed by atoms with Crippen LogP contribution in [0.2, 0.25) is 5.15 Å². The smallest absolute Gasteiger partial charge is 0.129 e. The molecule has 0 amide bonds. The van der Waals surface area contributed by atoms with Gasteiger partial charge in [0.05, 0.1) is 17.9 Å². The number of fused-ring (bicyclic) bond motifs is 1. The van der Waals surface area contributed by atoms with Gasteiger partial charge in [-0.2, -0.15) is 0 Å². The number of thioether (sulfide) groups is 1. The van der Waals surface area contributed by atoms with E-state index >= 15 is 0 Å². The molecule has 0 saturated carbocycles. The van der Waals surface area contributed by atoms with E-state index in [9.17, 15) is 0 Å². The number of benzene rings is 1. The lowest BCUT2D eigenvalue weighted by Crippen LogP contribution is -2.16. The summed E-state index contributed by atoms with van der Waals surface area (Å²) in [4.78, 5) is 5.48. The Morgan fingerprint density at radius 2 is 2.11 bits per heavy atom. The standard InChI is InChI=1S/C14H13ClN2S/c15-14-6-5-10(9-16-14)17-12-7-8-18-13-4-2-1-3-11(12)13/h1-6,9,12,17H,7-8H2. The van der Waals surface area contributed by atoms with Gasteiger partial charge in [0.1, 0.15) is 5.15 Å². The fourth-order valence-corrected chi connectivity index (χ4v) is 3.39. The summed E-state index contributed by atoms with van der Waals surface area (Å²) in [5, 5.41) is 4.06. The number of halogens is 1. The zero-order chi connectivity index (χ0) is 12.4. The summed E-state index contributed by atoms with van der Waals surface area (Å²) >= 11 is 7.72. The molecular formula is C14H13ClN2S. The molecule has 0 radical (unpaired) electrons. The molecule has 92 valence electrons. The molecule has 0 spiro atoms. The van der Waals surface area contributed by atoms with Crippen LogP contribution in [0.1, 0.15) is 18.0 Å². The SMILES string of the molecule is Clc1ccc(NC2CCSc3ccccc32)cn1. The maximum atomic E-state index is 5.79. The fourth-order valence-electron chi connectivity index (χ4n) is 2.15. The average Bonchev–Trinajstić information content (AvgIpc) is 2.42. The summed E-state index contributed by atoms with van der Waals surface area (Å²) in [7, 11) is 0. The highest BCUT2D eigenvalue weighted by atomic mass is 35.5. The van der Waals surface area contributed by atoms with Crippen molar-refractivity contribution in [3.63, 3.8) is 0 Å². The van der Waals surface area contributed by atoms with E-state index in [2.05, 4.69) is 34.6 Å². The first-order chi connectivity index (χ1) is 8.83. The third-order valence-electron chi connectivity index (χ3n) is 3.03. The lowest BCUT2D eigenvalue weighted by Gasteiger charge is -2.26. The van der Waals surface area contributed by atoms with Crippen LogP contribution in [0.3, 0.4) is 0 Å². The molecule has 2 aromatic rings. The van der Waals surface area contributed by atoms with Gasteiger partial charge in [0.25, 0.3) is 0 Å². The van der Waals surface area contributed by atoms with Crippen LogP contribution in [-0.4, -0.2) is 10.7 Å². The van der Waals surface area contributed by atoms with E-state index in [1.807, 2.05) is 23.9 Å². The number of hydrogen-bond donors (Lipinski definition) is 1. The van der Waals surface area contributed by atoms with Gasteiger partial charge in [-0.25, -0.2) is 4.98 Å². The molecule has 0 bridgehead atoms. The quantitative estimate of drug-likeness (QED) is 0.824. The van der Waals surface area contributed by atoms with Crippen LogP contribution < -0.4 is 5.32 Å². The molecule has 0 saturated heterocycles. The second-order valence-corrected chi connectivity index (χ2v) is 5.77. The van der Waals surface area contributed by atoms with E-state index < -0.39 is 0 Å². The summed E-state index contributed by atoms with van der Waals surface area (Å²) in [6.45, 7) is 0. The Morgan fingerprint density at radius 1 is 1.22 bits per heavy atom. The highest BCUT2D eigenvalue weighted by Gasteiger charge is 2.19. The van der Waals surface area contributed by atoms with E-state index in [-0.39, 0.29) is 0 Å². The highest BCUT2D eigenvalue weighted by Crippen LogP contribution is 2.37. The number of rotatable bonds is 2. The fraction of sp³-hybridized carbons (Fsp3) is 0.214. The minimum absolute atomic E-state index is 0.366. The first-order valence-electron chi connectivity index (χ1n) is 5.93. The van der Waals surface area contributed by atoms with Gasteiger partial charge in [-0.15, -0.1) is 11.8 Å². The van der Waals surface area contributed by atoms with Crippen LogP contribution in [0, 0.1) is 0 Å². The molecule has 1 aromatic carbocycles. The van der Waals surface area contributed by atoms with Crippen LogP contribution in [-0.2, 0) is 0 Å². The Kier molecular flexibility index (Phi) is 3.43. The van der Waals surface area contributed by atoms with Gasteiger partial charge in [-0.1, -0.05) is 29.8 Å². The predicted molar refractivity (Wildman–Crippen MR) is 77.4 cm³/mol. The number of hydrogen-bond acceptors (Lipinski definition) is 3. The first-order valence-corrected chi connectivity index (χ1v) is 7.29. The van der Waals surface area contributed by atoms with Gasteiger partial charge < -0.3 is 5.32 Å². The van der Waals surface area contributed by atoms with Crippen molar-refractivity contribution in [3.05, 3.63) is 53.3 Å². The van der Waals surface area contributed by atoms with E-state index in [1.165, 1.54) is 10.5 Å². The number of nitrogens with one attached hydrogen (secondary N) is 1. The zero-order valence-electron chi connectivity index (χ0n) is 9.77. The molecule has 18 heavy (non-hydrogen) atoms. The minimum Gasteiger partial charge on any atom is -0.377 e. The van der Waals surface area contributed by atoms with E-state index in [1.54, 1.807) is 6.20 Å². The third-order valence-corrected chi connectivity index (χ3v) is 4.37. The van der Waals surface area contributed by atoms with Crippen molar-refractivity contribution in [2.45, 2.75) is 17.4 Å². The molecule has 1 N–H and O–H groups in total. The van der Waals surface area contributed by atoms with Crippen LogP contribution >= 0.6 is 23.4 Å². The van der Waals surface area contributed by atoms with Gasteiger partial charge >= 0.3 is 0 Å². The zero-order valence-corrected chi connectivity index (χ0v) is 11.3. The van der Waals surface area contributed by atoms with Crippen molar-refractivity contribution in [1.29, 1.82) is 0 Å². The summed E-state index contributed by atoms with van der Waals surface area (Å²) in [6, 6.07) is 12.7. The van der Waals surface area contributed by atoms with Crippen molar-refractivity contribution < 1.29 is 0 Å². The Balaban J connectivity index is 1.84. The molecule has 4 heteroatoms. The molecular weight excluding hydrogens is 264 g/mol. The van der Waals surface area contributed by atoms with E-state index in [0.717, 1.165) is 17.9 Å². The second kappa shape index (κ2) is 5.21. The lowest BCUT2D eigenvalue weighted by molar-refractivity contribution is 0.728. The van der Waals surface area contributed by atoms with Crippen molar-refractivity contribution in [1.82, 2.24) is 4.98 Å². The Bertz CT molecular complexity index is 542. The topological polar surface area (TPSA) is 24.9 Å². The molecule has 0 fully saturated rings. The van der Waals surface area contributed by atoms with Crippen LogP contribution in [0.5, 0.6) is 0 Å². The number of anilines is 1. The van der Waals surface area contributed by atoms with Crippen LogP contribution in [0.25, 0.3) is 0 Å². The average molecular weight is 277 g/mol. The van der Waals surface area contributed by atoms with Crippen molar-refractivity contribution >= 4 is 29.1 Å². The molecule has 1 aliphatic heterocycles. The van der Waals surface area contributed by atoms with Gasteiger partial charge in [0.15, 0.2) is 0 Å². The summed E-state index contributed by atoms with van der Waals surface area (Å²) in [5.41, 5.74) is 2.40. The number of nitrogens with zero attached hydrogens (tertiary/aromatic N) is 1. The predicted octanol–water partition coefficient (Wildman–Crippen LogP) is 4.38. The largest absolute Gasteiger partial charge is 0.377 e. The van der Waals surface area contributed by atoms with Crippen molar-refractivity contribution in [2.24, 2.45) is 0 Å². The Labute approximate surface area is 116 Å². The Morgan fingerprint density at radius 3 is 2.94 bits per heavy atom. The van der Waals surface area contributed by atoms with Gasteiger partial charge in [-0.05, 0) is 30.2 Å². The minimum atomic E-state index is 0.366. The summed E-state index contributed by atoms with van der Waals surface area (Å²) < 4.78 is 0. The molecule has 2 heterocycles. The first kappa shape index (κ1) is 11.9. The lowest BCUT2D eigenvalue weighted by atomic mass is 10.0. The summed E-state index contributed by atoms with van der Waals surface area (Å²) in [5.74, 6) is 1.15. The van der Waals surface area contributed by atoms with Gasteiger partial charge in [0.2, 0.25) is 0 Å². The normalized spacial score (nSPS) is 18.2. The molecule has 1 atom stereocenters. The highest BCUT2D eigenvalue weighted by molar-refractivity contribution is 7.99. The Hall–Kier alpha value is -1.19. The molecule has 3 rings (SSSR count). The number of aromatic nitrogens is 1. The van der Waals surface area contributed by atoms with Gasteiger partial charge in [0, 0.05) is 10.6 Å². The molecule has 1 unspecified atom stereocenters. The second-order valence-electron chi connectivity index (χ2n) is 4.24. The monoisotopic (exact) mass is 276 g/mol. The van der Waals surface area contributed by atoms with Gasteiger partial charge in [-0.3, -0.25) is 0 Å². The molecule has 1 aliphatic rings. The van der Waals surface area contributed by atoms with E-state index in [4.69, 9.17) is 11.6 Å². The van der Waals surface area contributed by atoms with Crippen molar-refractivity contribution in [2.75, 3.05) is 11.1 Å². The van der Waals surface area contributed by atoms with E-state index in [0.29, 0.717) is 11.2 Å². The third kappa shape index (κ3) is 2.47. The maximum Gasteiger partial charge on any atom is 0.129 e. The molecule has 2 nitrogen and oxygen atoms in total. The summed E-state index contributed by atoms with van der Waals surface area (Å²) in [6.07, 6.45) is 2.91. The maximum absolute atomic E-state index is 5.79. The molecule has 0 aliphatic carbocycles. The van der Waals surface area contributed by atoms with Crippen LogP contribution in [0.15, 0.2) is 47.5 Å². The molecule has 1 aromatic heterocycles. The van der Waals surface area contributed by atoms with Crippen molar-refractivity contribution in [3.8, 4) is 0 Å². The van der Waals surface area contributed by atoms with Crippen LogP contribution in [0.4, 0.5) is 5.69 Å².